The molecule has 6 nitrogen and oxygen atoms in total. The van der Waals surface area contributed by atoms with Crippen molar-refractivity contribution in [2.24, 2.45) is 11.8 Å². The van der Waals surface area contributed by atoms with Crippen LogP contribution in [0.25, 0.3) is 0 Å². The third-order valence-corrected chi connectivity index (χ3v) is 6.05. The molecule has 0 bridgehead atoms. The van der Waals surface area contributed by atoms with Crippen LogP contribution >= 0.6 is 12.4 Å². The van der Waals surface area contributed by atoms with Crippen LogP contribution in [0.4, 0.5) is 0 Å². The number of halogens is 1. The Morgan fingerprint density at radius 3 is 2.79 bits per heavy atom. The van der Waals surface area contributed by atoms with Gasteiger partial charge in [-0.1, -0.05) is 0 Å². The minimum Gasteiger partial charge on any atom is -0.316 e. The van der Waals surface area contributed by atoms with Gasteiger partial charge in [0, 0.05) is 13.1 Å². The average molecular weight is 307 g/mol. The highest BCUT2D eigenvalue weighted by molar-refractivity contribution is 7.89. The van der Waals surface area contributed by atoms with E-state index in [4.69, 9.17) is 0 Å². The van der Waals surface area contributed by atoms with Gasteiger partial charge in [0.05, 0.1) is 11.9 Å². The van der Waals surface area contributed by atoms with Crippen molar-refractivity contribution in [3.8, 4) is 0 Å². The van der Waals surface area contributed by atoms with Crippen LogP contribution < -0.4 is 5.32 Å². The summed E-state index contributed by atoms with van der Waals surface area (Å²) in [6.45, 7) is 4.95. The lowest BCUT2D eigenvalue weighted by molar-refractivity contribution is 0.228. The van der Waals surface area contributed by atoms with Crippen LogP contribution in [-0.4, -0.2) is 49.1 Å². The second-order valence-electron chi connectivity index (χ2n) is 5.19. The molecule has 2 N–H and O–H groups in total. The number of piperidine rings is 1. The lowest BCUT2D eigenvalue weighted by Gasteiger charge is -2.33. The van der Waals surface area contributed by atoms with Crippen molar-refractivity contribution in [2.45, 2.75) is 18.2 Å². The van der Waals surface area contributed by atoms with Gasteiger partial charge in [0.2, 0.25) is 10.0 Å². The zero-order chi connectivity index (χ0) is 12.8. The third-order valence-electron chi connectivity index (χ3n) is 4.07. The molecule has 0 spiro atoms. The van der Waals surface area contributed by atoms with Gasteiger partial charge in [0.1, 0.15) is 4.90 Å². The summed E-state index contributed by atoms with van der Waals surface area (Å²) in [5.41, 5.74) is 0.613. The maximum absolute atomic E-state index is 12.5. The Hall–Kier alpha value is -0.630. The summed E-state index contributed by atoms with van der Waals surface area (Å²) in [6.07, 6.45) is 2.36. The molecule has 2 aliphatic rings. The van der Waals surface area contributed by atoms with Gasteiger partial charge in [-0.2, -0.15) is 9.40 Å². The van der Waals surface area contributed by atoms with Gasteiger partial charge in [-0.3, -0.25) is 5.10 Å². The minimum atomic E-state index is -3.38. The SMILES string of the molecule is Cc1[nH]ncc1S(=O)(=O)N1CCC2CNCC2C1.Cl. The molecule has 0 amide bonds. The Kier molecular flexibility index (Phi) is 4.20. The number of fused-ring (bicyclic) bond motifs is 1. The maximum atomic E-state index is 12.5. The van der Waals surface area contributed by atoms with Crippen molar-refractivity contribution in [2.75, 3.05) is 26.2 Å². The maximum Gasteiger partial charge on any atom is 0.246 e. The Balaban J connectivity index is 0.00000133. The van der Waals surface area contributed by atoms with Crippen molar-refractivity contribution in [3.05, 3.63) is 11.9 Å². The highest BCUT2D eigenvalue weighted by atomic mass is 35.5. The average Bonchev–Trinajstić information content (AvgIpc) is 2.95. The number of aryl methyl sites for hydroxylation is 1. The van der Waals surface area contributed by atoms with E-state index in [1.807, 2.05) is 0 Å². The molecule has 0 aliphatic carbocycles. The number of sulfonamides is 1. The summed E-state index contributed by atoms with van der Waals surface area (Å²) in [5, 5.41) is 9.84. The summed E-state index contributed by atoms with van der Waals surface area (Å²) >= 11 is 0. The van der Waals surface area contributed by atoms with E-state index in [0.29, 0.717) is 35.5 Å². The number of H-pyrrole nitrogens is 1. The first kappa shape index (κ1) is 14.8. The van der Waals surface area contributed by atoms with E-state index in [9.17, 15) is 8.42 Å². The molecular weight excluding hydrogens is 288 g/mol. The number of hydrogen-bond acceptors (Lipinski definition) is 4. The number of aromatic nitrogens is 2. The molecule has 3 heterocycles. The van der Waals surface area contributed by atoms with E-state index < -0.39 is 10.0 Å². The van der Waals surface area contributed by atoms with E-state index in [1.165, 1.54) is 6.20 Å². The molecule has 0 radical (unpaired) electrons. The van der Waals surface area contributed by atoms with Crippen LogP contribution in [0.2, 0.25) is 0 Å². The van der Waals surface area contributed by atoms with Crippen LogP contribution in [0.15, 0.2) is 11.1 Å². The molecule has 2 saturated heterocycles. The Bertz CT molecular complexity index is 545. The molecule has 1 aromatic rings. The van der Waals surface area contributed by atoms with Gasteiger partial charge >= 0.3 is 0 Å². The smallest absolute Gasteiger partial charge is 0.246 e. The van der Waals surface area contributed by atoms with E-state index in [-0.39, 0.29) is 12.4 Å². The first-order valence-corrected chi connectivity index (χ1v) is 7.74. The molecule has 2 aliphatic heterocycles. The topological polar surface area (TPSA) is 78.1 Å². The van der Waals surface area contributed by atoms with Crippen LogP contribution in [0.1, 0.15) is 12.1 Å². The Morgan fingerprint density at radius 1 is 1.37 bits per heavy atom. The summed E-state index contributed by atoms with van der Waals surface area (Å²) in [7, 11) is -3.38. The van der Waals surface area contributed by atoms with Crippen LogP contribution in [0.3, 0.4) is 0 Å². The summed E-state index contributed by atoms with van der Waals surface area (Å²) < 4.78 is 26.6. The first-order chi connectivity index (χ1) is 8.59. The fraction of sp³-hybridized carbons (Fsp3) is 0.727. The van der Waals surface area contributed by atoms with E-state index >= 15 is 0 Å². The van der Waals surface area contributed by atoms with Crippen molar-refractivity contribution < 1.29 is 8.42 Å². The van der Waals surface area contributed by atoms with Crippen molar-refractivity contribution in [1.29, 1.82) is 0 Å². The van der Waals surface area contributed by atoms with E-state index in [2.05, 4.69) is 15.5 Å². The number of nitrogens with one attached hydrogen (secondary N) is 2. The summed E-state index contributed by atoms with van der Waals surface area (Å²) in [4.78, 5) is 0.312. The van der Waals surface area contributed by atoms with E-state index in [1.54, 1.807) is 11.2 Å². The largest absolute Gasteiger partial charge is 0.316 e. The van der Waals surface area contributed by atoms with Gasteiger partial charge in [-0.05, 0) is 38.3 Å². The normalized spacial score (nSPS) is 27.8. The fourth-order valence-corrected chi connectivity index (χ4v) is 4.59. The van der Waals surface area contributed by atoms with Crippen molar-refractivity contribution in [3.63, 3.8) is 0 Å². The van der Waals surface area contributed by atoms with Gasteiger partial charge in [-0.15, -0.1) is 12.4 Å². The molecule has 2 atom stereocenters. The van der Waals surface area contributed by atoms with Crippen molar-refractivity contribution >= 4 is 22.4 Å². The second kappa shape index (κ2) is 5.40. The van der Waals surface area contributed by atoms with Crippen LogP contribution in [-0.2, 0) is 10.0 Å². The number of aromatic amines is 1. The zero-order valence-corrected chi connectivity index (χ0v) is 12.4. The predicted octanol–water partition coefficient (Wildman–Crippen LogP) is 0.370. The Morgan fingerprint density at radius 2 is 2.11 bits per heavy atom. The molecule has 2 unspecified atom stereocenters. The highest BCUT2D eigenvalue weighted by Crippen LogP contribution is 2.30. The van der Waals surface area contributed by atoms with Gasteiger partial charge in [-0.25, -0.2) is 8.42 Å². The Labute approximate surface area is 119 Å². The summed E-state index contributed by atoms with van der Waals surface area (Å²) in [5.74, 6) is 1.10. The molecule has 0 saturated carbocycles. The first-order valence-electron chi connectivity index (χ1n) is 6.30. The molecule has 3 rings (SSSR count). The molecule has 2 fully saturated rings. The monoisotopic (exact) mass is 306 g/mol. The highest BCUT2D eigenvalue weighted by Gasteiger charge is 2.38. The number of rotatable bonds is 2. The molecular formula is C11H19ClN4O2S. The fourth-order valence-electron chi connectivity index (χ4n) is 2.96. The van der Waals surface area contributed by atoms with Gasteiger partial charge in [0.25, 0.3) is 0 Å². The molecule has 108 valence electrons. The lowest BCUT2D eigenvalue weighted by Crippen LogP contribution is -2.43. The zero-order valence-electron chi connectivity index (χ0n) is 10.8. The number of hydrogen-bond donors (Lipinski definition) is 2. The molecule has 19 heavy (non-hydrogen) atoms. The molecule has 1 aromatic heterocycles. The van der Waals surface area contributed by atoms with Crippen molar-refractivity contribution in [1.82, 2.24) is 19.8 Å². The van der Waals surface area contributed by atoms with Crippen LogP contribution in [0, 0.1) is 18.8 Å². The standard InChI is InChI=1S/C11H18N4O2S.ClH/c1-8-11(6-13-14-8)18(16,17)15-3-2-9-4-12-5-10(9)7-15;/h6,9-10,12H,2-5,7H2,1H3,(H,13,14);1H. The molecule has 8 heteroatoms. The van der Waals surface area contributed by atoms with E-state index in [0.717, 1.165) is 19.5 Å². The molecule has 0 aromatic carbocycles. The minimum absolute atomic E-state index is 0. The second-order valence-corrected chi connectivity index (χ2v) is 7.10. The van der Waals surface area contributed by atoms with Gasteiger partial charge < -0.3 is 5.32 Å². The predicted molar refractivity (Wildman–Crippen MR) is 73.8 cm³/mol. The third kappa shape index (κ3) is 2.52. The van der Waals surface area contributed by atoms with Gasteiger partial charge in [0.15, 0.2) is 0 Å². The lowest BCUT2D eigenvalue weighted by atomic mass is 9.90. The summed E-state index contributed by atoms with van der Waals surface area (Å²) in [6, 6.07) is 0. The van der Waals surface area contributed by atoms with Crippen LogP contribution in [0.5, 0.6) is 0 Å². The number of nitrogens with zero attached hydrogens (tertiary/aromatic N) is 2. The quantitative estimate of drug-likeness (QED) is 0.827.